The Hall–Kier alpha value is -2.41. The second kappa shape index (κ2) is 4.61. The van der Waals surface area contributed by atoms with Crippen LogP contribution in [-0.2, 0) is 4.79 Å². The first-order valence-corrected chi connectivity index (χ1v) is 6.70. The molecule has 2 aromatic rings. The zero-order chi connectivity index (χ0) is 14.2. The van der Waals surface area contributed by atoms with Crippen molar-refractivity contribution in [2.24, 2.45) is 11.3 Å². The predicted molar refractivity (Wildman–Crippen MR) is 76.8 cm³/mol. The summed E-state index contributed by atoms with van der Waals surface area (Å²) in [7, 11) is 0. The van der Waals surface area contributed by atoms with E-state index in [0.717, 1.165) is 16.5 Å². The average molecular weight is 265 g/mol. The highest BCUT2D eigenvalue weighted by Crippen LogP contribution is 2.45. The van der Waals surface area contributed by atoms with Crippen LogP contribution in [0.5, 0.6) is 0 Å². The van der Waals surface area contributed by atoms with Crippen molar-refractivity contribution in [3.8, 4) is 6.07 Å². The number of nitrogens with zero attached hydrogens (tertiary/aromatic N) is 2. The molecule has 0 radical (unpaired) electrons. The van der Waals surface area contributed by atoms with Crippen molar-refractivity contribution in [3.63, 3.8) is 0 Å². The van der Waals surface area contributed by atoms with Gasteiger partial charge in [-0.1, -0.05) is 19.1 Å². The van der Waals surface area contributed by atoms with Crippen molar-refractivity contribution in [3.05, 3.63) is 36.7 Å². The lowest BCUT2D eigenvalue weighted by Gasteiger charge is -2.39. The third kappa shape index (κ3) is 1.92. The van der Waals surface area contributed by atoms with Gasteiger partial charge in [0.05, 0.1) is 11.8 Å². The number of anilines is 1. The van der Waals surface area contributed by atoms with Crippen molar-refractivity contribution < 1.29 is 4.79 Å². The molecule has 0 atom stereocenters. The van der Waals surface area contributed by atoms with Crippen molar-refractivity contribution in [1.82, 2.24) is 4.98 Å². The zero-order valence-electron chi connectivity index (χ0n) is 11.3. The first kappa shape index (κ1) is 12.6. The number of carbonyl (C=O) groups is 1. The summed E-state index contributed by atoms with van der Waals surface area (Å²) in [6.45, 7) is 2.06. The Labute approximate surface area is 117 Å². The normalized spacial score (nSPS) is 24.7. The van der Waals surface area contributed by atoms with Crippen LogP contribution in [0.2, 0.25) is 0 Å². The van der Waals surface area contributed by atoms with Crippen LogP contribution in [0.3, 0.4) is 0 Å². The summed E-state index contributed by atoms with van der Waals surface area (Å²) in [6, 6.07) is 9.79. The maximum Gasteiger partial charge on any atom is 0.244 e. The largest absolute Gasteiger partial charge is 0.324 e. The summed E-state index contributed by atoms with van der Waals surface area (Å²) in [5, 5.41) is 14.1. The fourth-order valence-corrected chi connectivity index (χ4v) is 2.92. The highest BCUT2D eigenvalue weighted by Gasteiger charge is 2.49. The number of amides is 1. The lowest BCUT2D eigenvalue weighted by Crippen LogP contribution is -2.45. The summed E-state index contributed by atoms with van der Waals surface area (Å²) in [5.41, 5.74) is -0.140. The van der Waals surface area contributed by atoms with Gasteiger partial charge in [-0.3, -0.25) is 9.78 Å². The highest BCUT2D eigenvalue weighted by atomic mass is 16.2. The van der Waals surface area contributed by atoms with Crippen LogP contribution in [0.4, 0.5) is 5.69 Å². The van der Waals surface area contributed by atoms with Gasteiger partial charge in [-0.2, -0.15) is 5.26 Å². The van der Waals surface area contributed by atoms with E-state index in [4.69, 9.17) is 0 Å². The molecular formula is C16H15N3O. The number of pyridine rings is 1. The van der Waals surface area contributed by atoms with Crippen molar-refractivity contribution in [2.75, 3.05) is 5.32 Å². The minimum Gasteiger partial charge on any atom is -0.324 e. The summed E-state index contributed by atoms with van der Waals surface area (Å²) < 4.78 is 0. The summed E-state index contributed by atoms with van der Waals surface area (Å²) >= 11 is 0. The molecule has 4 nitrogen and oxygen atoms in total. The molecule has 1 aromatic heterocycles. The van der Waals surface area contributed by atoms with Crippen molar-refractivity contribution in [2.45, 2.75) is 19.8 Å². The molecule has 1 aromatic carbocycles. The number of hydrogen-bond donors (Lipinski definition) is 1. The molecule has 1 saturated carbocycles. The molecule has 3 rings (SSSR count). The molecule has 1 N–H and O–H groups in total. The fourth-order valence-electron chi connectivity index (χ4n) is 2.92. The third-order valence-corrected chi connectivity index (χ3v) is 3.97. The van der Waals surface area contributed by atoms with Gasteiger partial charge in [-0.25, -0.2) is 0 Å². The molecule has 100 valence electrons. The Balaban J connectivity index is 1.91. The van der Waals surface area contributed by atoms with E-state index in [1.54, 1.807) is 12.4 Å². The van der Waals surface area contributed by atoms with Crippen LogP contribution in [-0.4, -0.2) is 10.9 Å². The Bertz CT molecular complexity index is 706. The SMILES string of the molecule is CC1CC(C#N)(C(=O)Nc2cccc3ccncc23)C1. The second-order valence-electron chi connectivity index (χ2n) is 5.56. The Kier molecular flexibility index (Phi) is 2.90. The van der Waals surface area contributed by atoms with E-state index in [1.807, 2.05) is 24.3 Å². The van der Waals surface area contributed by atoms with Crippen LogP contribution < -0.4 is 5.32 Å². The van der Waals surface area contributed by atoms with E-state index >= 15 is 0 Å². The Morgan fingerprint density at radius 3 is 2.95 bits per heavy atom. The van der Waals surface area contributed by atoms with E-state index < -0.39 is 5.41 Å². The summed E-state index contributed by atoms with van der Waals surface area (Å²) in [5.74, 6) is 0.240. The van der Waals surface area contributed by atoms with E-state index in [9.17, 15) is 10.1 Å². The molecule has 1 aliphatic rings. The molecular weight excluding hydrogens is 250 g/mol. The van der Waals surface area contributed by atoms with E-state index in [1.165, 1.54) is 0 Å². The van der Waals surface area contributed by atoms with Gasteiger partial charge in [0.15, 0.2) is 0 Å². The molecule has 1 aliphatic carbocycles. The molecule has 0 bridgehead atoms. The third-order valence-electron chi connectivity index (χ3n) is 3.97. The minimum absolute atomic E-state index is 0.200. The number of hydrogen-bond acceptors (Lipinski definition) is 3. The van der Waals surface area contributed by atoms with Crippen LogP contribution in [0.1, 0.15) is 19.8 Å². The van der Waals surface area contributed by atoms with E-state index in [-0.39, 0.29) is 5.91 Å². The van der Waals surface area contributed by atoms with Crippen LogP contribution >= 0.6 is 0 Å². The molecule has 0 spiro atoms. The van der Waals surface area contributed by atoms with Gasteiger partial charge in [0, 0.05) is 17.8 Å². The molecule has 20 heavy (non-hydrogen) atoms. The number of benzene rings is 1. The van der Waals surface area contributed by atoms with Crippen LogP contribution in [0.25, 0.3) is 10.8 Å². The molecule has 1 heterocycles. The molecule has 0 unspecified atom stereocenters. The maximum absolute atomic E-state index is 12.4. The Morgan fingerprint density at radius 1 is 1.45 bits per heavy atom. The molecule has 0 aliphatic heterocycles. The van der Waals surface area contributed by atoms with Crippen molar-refractivity contribution >= 4 is 22.4 Å². The van der Waals surface area contributed by atoms with Gasteiger partial charge in [0.25, 0.3) is 0 Å². The van der Waals surface area contributed by atoms with Gasteiger partial charge in [0.1, 0.15) is 5.41 Å². The molecule has 1 amide bonds. The number of nitrogens with one attached hydrogen (secondary N) is 1. The minimum atomic E-state index is -0.857. The van der Waals surface area contributed by atoms with Crippen LogP contribution in [0, 0.1) is 22.7 Å². The van der Waals surface area contributed by atoms with Gasteiger partial charge >= 0.3 is 0 Å². The monoisotopic (exact) mass is 265 g/mol. The van der Waals surface area contributed by atoms with E-state index in [0.29, 0.717) is 18.8 Å². The summed E-state index contributed by atoms with van der Waals surface area (Å²) in [6.07, 6.45) is 4.72. The number of fused-ring (bicyclic) bond motifs is 1. The lowest BCUT2D eigenvalue weighted by molar-refractivity contribution is -0.128. The highest BCUT2D eigenvalue weighted by molar-refractivity contribution is 6.04. The molecule has 0 saturated heterocycles. The fraction of sp³-hybridized carbons (Fsp3) is 0.312. The van der Waals surface area contributed by atoms with Gasteiger partial charge < -0.3 is 5.32 Å². The van der Waals surface area contributed by atoms with Gasteiger partial charge in [0.2, 0.25) is 5.91 Å². The second-order valence-corrected chi connectivity index (χ2v) is 5.56. The summed E-state index contributed by atoms with van der Waals surface area (Å²) in [4.78, 5) is 16.5. The average Bonchev–Trinajstić information content (AvgIpc) is 2.44. The predicted octanol–water partition coefficient (Wildman–Crippen LogP) is 3.11. The zero-order valence-corrected chi connectivity index (χ0v) is 11.3. The van der Waals surface area contributed by atoms with E-state index in [2.05, 4.69) is 23.3 Å². The standard InChI is InChI=1S/C16H15N3O/c1-11-7-16(8-11,10-17)15(20)19-14-4-2-3-12-5-6-18-9-13(12)14/h2-6,9,11H,7-8H2,1H3,(H,19,20). The number of nitriles is 1. The van der Waals surface area contributed by atoms with Gasteiger partial charge in [-0.15, -0.1) is 0 Å². The number of aromatic nitrogens is 1. The maximum atomic E-state index is 12.4. The Morgan fingerprint density at radius 2 is 2.25 bits per heavy atom. The topological polar surface area (TPSA) is 65.8 Å². The number of carbonyl (C=O) groups excluding carboxylic acids is 1. The van der Waals surface area contributed by atoms with Gasteiger partial charge in [-0.05, 0) is 36.3 Å². The first-order valence-electron chi connectivity index (χ1n) is 6.70. The van der Waals surface area contributed by atoms with Crippen molar-refractivity contribution in [1.29, 1.82) is 5.26 Å². The lowest BCUT2D eigenvalue weighted by atomic mass is 9.63. The number of rotatable bonds is 2. The van der Waals surface area contributed by atoms with Crippen LogP contribution in [0.15, 0.2) is 36.7 Å². The quantitative estimate of drug-likeness (QED) is 0.907. The molecule has 4 heteroatoms. The smallest absolute Gasteiger partial charge is 0.244 e. The molecule has 1 fully saturated rings. The first-order chi connectivity index (χ1) is 9.64.